The molecule has 274 valence electrons. The predicted molar refractivity (Wildman–Crippen MR) is 246 cm³/mol. The van der Waals surface area contributed by atoms with Gasteiger partial charge in [-0.15, -0.1) is 0 Å². The van der Waals surface area contributed by atoms with E-state index in [4.69, 9.17) is 0 Å². The van der Waals surface area contributed by atoms with Crippen molar-refractivity contribution in [3.63, 3.8) is 0 Å². The van der Waals surface area contributed by atoms with Gasteiger partial charge in [0.15, 0.2) is 0 Å². The fourth-order valence-corrected chi connectivity index (χ4v) is 11.2. The number of hydrogen-bond donors (Lipinski definition) is 3. The van der Waals surface area contributed by atoms with E-state index in [-0.39, 0.29) is 11.8 Å². The lowest BCUT2D eigenvalue weighted by molar-refractivity contribution is 0.757. The van der Waals surface area contributed by atoms with Crippen molar-refractivity contribution in [1.82, 2.24) is 15.0 Å². The summed E-state index contributed by atoms with van der Waals surface area (Å²) in [4.78, 5) is 11.4. The van der Waals surface area contributed by atoms with Crippen molar-refractivity contribution in [2.45, 2.75) is 11.8 Å². The molecule has 2 atom stereocenters. The first-order valence-electron chi connectivity index (χ1n) is 20.7. The molecule has 59 heavy (non-hydrogen) atoms. The van der Waals surface area contributed by atoms with Crippen molar-refractivity contribution in [2.75, 3.05) is 0 Å². The second-order valence-corrected chi connectivity index (χ2v) is 16.6. The number of fused-ring (bicyclic) bond motifs is 9. The summed E-state index contributed by atoms with van der Waals surface area (Å²) in [6.45, 7) is 0. The van der Waals surface area contributed by atoms with Crippen LogP contribution >= 0.6 is 0 Å². The number of H-pyrrole nitrogens is 3. The van der Waals surface area contributed by atoms with Gasteiger partial charge in [-0.25, -0.2) is 0 Å². The molecule has 0 fully saturated rings. The van der Waals surface area contributed by atoms with Crippen LogP contribution in [0.4, 0.5) is 0 Å². The van der Waals surface area contributed by atoms with Crippen LogP contribution in [0.25, 0.3) is 98.8 Å². The highest BCUT2D eigenvalue weighted by Crippen LogP contribution is 2.59. The molecule has 0 saturated carbocycles. The number of para-hydroxylation sites is 6. The maximum atomic E-state index is 3.84. The van der Waals surface area contributed by atoms with Gasteiger partial charge in [-0.05, 0) is 80.4 Å². The third-order valence-corrected chi connectivity index (χ3v) is 13.7. The maximum absolute atomic E-state index is 3.84. The number of benzene rings is 9. The molecule has 3 nitrogen and oxygen atoms in total. The van der Waals surface area contributed by atoms with E-state index >= 15 is 0 Å². The molecular formula is C56H35N3. The standard InChI is InChI=1S/C56H35N3/c1-4-22-48-35(11-1)41-17-7-14-33(54(41)57-48)31-26-28-40-46(29-31)51-39-27-25-32(34-15-8-18-42-36-12-2-5-23-49(36)58-55(34)42)30-47(39)53(40)52-38(16-9-21-45(51)52)44-20-10-19-43-37-13-3-6-24-50(37)59-56(43)44/h1-30,51,53,57-59H. The quantitative estimate of drug-likeness (QED) is 0.161. The molecular weight excluding hydrogens is 715 g/mol. The number of rotatable bonds is 3. The van der Waals surface area contributed by atoms with Gasteiger partial charge in [0, 0.05) is 77.4 Å². The molecule has 0 radical (unpaired) electrons. The van der Waals surface area contributed by atoms with E-state index < -0.39 is 0 Å². The smallest absolute Gasteiger partial charge is 0.0544 e. The highest BCUT2D eigenvalue weighted by Gasteiger charge is 2.43. The van der Waals surface area contributed by atoms with Gasteiger partial charge in [0.1, 0.15) is 0 Å². The van der Waals surface area contributed by atoms with Crippen molar-refractivity contribution in [2.24, 2.45) is 0 Å². The zero-order valence-corrected chi connectivity index (χ0v) is 32.0. The summed E-state index contributed by atoms with van der Waals surface area (Å²) in [5.74, 6) is 0.164. The van der Waals surface area contributed by atoms with Crippen molar-refractivity contribution in [3.05, 3.63) is 215 Å². The molecule has 15 rings (SSSR count). The lowest BCUT2D eigenvalue weighted by Crippen LogP contribution is -2.28. The summed E-state index contributed by atoms with van der Waals surface area (Å²) in [7, 11) is 0. The van der Waals surface area contributed by atoms with Crippen LogP contribution in [0, 0.1) is 0 Å². The van der Waals surface area contributed by atoms with Gasteiger partial charge in [0.2, 0.25) is 0 Å². The Hall–Kier alpha value is -7.62. The van der Waals surface area contributed by atoms with Crippen molar-refractivity contribution in [3.8, 4) is 33.4 Å². The summed E-state index contributed by atoms with van der Waals surface area (Å²) in [6.07, 6.45) is 0. The van der Waals surface area contributed by atoms with Gasteiger partial charge in [0.25, 0.3) is 0 Å². The van der Waals surface area contributed by atoms with Gasteiger partial charge in [-0.2, -0.15) is 0 Å². The minimum Gasteiger partial charge on any atom is -0.354 e. The summed E-state index contributed by atoms with van der Waals surface area (Å²) in [6, 6.07) is 67.9. The number of nitrogens with one attached hydrogen (secondary N) is 3. The molecule has 0 saturated heterocycles. The van der Waals surface area contributed by atoms with Crippen molar-refractivity contribution >= 4 is 65.4 Å². The first-order valence-corrected chi connectivity index (χ1v) is 20.7. The predicted octanol–water partition coefficient (Wildman–Crippen LogP) is 14.6. The molecule has 2 unspecified atom stereocenters. The van der Waals surface area contributed by atoms with E-state index in [1.807, 2.05) is 0 Å². The average molecular weight is 750 g/mol. The monoisotopic (exact) mass is 749 g/mol. The van der Waals surface area contributed by atoms with E-state index in [0.717, 1.165) is 0 Å². The minimum absolute atomic E-state index is 0.0654. The summed E-state index contributed by atoms with van der Waals surface area (Å²) in [5, 5.41) is 7.59. The van der Waals surface area contributed by atoms with E-state index in [0.29, 0.717) is 0 Å². The van der Waals surface area contributed by atoms with Crippen LogP contribution in [-0.4, -0.2) is 15.0 Å². The Balaban J connectivity index is 1.01. The van der Waals surface area contributed by atoms with Crippen LogP contribution < -0.4 is 0 Å². The fraction of sp³-hybridized carbons (Fsp3) is 0.0357. The second kappa shape index (κ2) is 11.5. The van der Waals surface area contributed by atoms with Crippen LogP contribution in [0.3, 0.4) is 0 Å². The Morgan fingerprint density at radius 1 is 0.271 bits per heavy atom. The zero-order valence-electron chi connectivity index (χ0n) is 32.0. The number of aromatic nitrogens is 3. The summed E-state index contributed by atoms with van der Waals surface area (Å²) < 4.78 is 0. The molecule has 3 aliphatic rings. The Bertz CT molecular complexity index is 3760. The second-order valence-electron chi connectivity index (χ2n) is 16.6. The van der Waals surface area contributed by atoms with Gasteiger partial charge in [0.05, 0.1) is 16.6 Å². The zero-order chi connectivity index (χ0) is 38.3. The van der Waals surface area contributed by atoms with Gasteiger partial charge >= 0.3 is 0 Å². The highest BCUT2D eigenvalue weighted by molar-refractivity contribution is 6.14. The normalized spacial score (nSPS) is 15.5. The largest absolute Gasteiger partial charge is 0.354 e. The lowest BCUT2D eigenvalue weighted by Gasteiger charge is -2.43. The van der Waals surface area contributed by atoms with Crippen LogP contribution in [-0.2, 0) is 0 Å². The lowest BCUT2D eigenvalue weighted by atomic mass is 9.59. The maximum Gasteiger partial charge on any atom is 0.0544 e. The number of hydrogen-bond acceptors (Lipinski definition) is 0. The average Bonchev–Trinajstić information content (AvgIpc) is 4.00. The number of aromatic amines is 3. The molecule has 3 heteroatoms. The third kappa shape index (κ3) is 4.21. The first kappa shape index (κ1) is 31.5. The van der Waals surface area contributed by atoms with Gasteiger partial charge < -0.3 is 15.0 Å². The van der Waals surface area contributed by atoms with Crippen LogP contribution in [0.2, 0.25) is 0 Å². The molecule has 0 aliphatic heterocycles. The molecule has 2 bridgehead atoms. The van der Waals surface area contributed by atoms with E-state index in [2.05, 4.69) is 197 Å². The third-order valence-electron chi connectivity index (χ3n) is 13.7. The highest BCUT2D eigenvalue weighted by atomic mass is 14.7. The molecule has 3 aromatic heterocycles. The first-order chi connectivity index (χ1) is 29.3. The summed E-state index contributed by atoms with van der Waals surface area (Å²) >= 11 is 0. The Morgan fingerprint density at radius 3 is 1.22 bits per heavy atom. The molecule has 9 aromatic carbocycles. The Labute approximate surface area is 339 Å². The van der Waals surface area contributed by atoms with E-state index in [1.165, 1.54) is 132 Å². The topological polar surface area (TPSA) is 47.4 Å². The Morgan fingerprint density at radius 2 is 0.678 bits per heavy atom. The SMILES string of the molecule is c1cc(-c2cccc3c2[nH]c2ccccc23)c2c(c1)C1c3cc(-c4cccc5c4[nH]c4ccccc45)ccc3C2c2cc(-c3cccc4c3[nH]c3ccccc34)ccc21. The Kier molecular flexibility index (Phi) is 6.13. The molecule has 3 heterocycles. The minimum atomic E-state index is 0.0654. The van der Waals surface area contributed by atoms with Crippen molar-refractivity contribution < 1.29 is 0 Å². The van der Waals surface area contributed by atoms with Crippen LogP contribution in [0.15, 0.2) is 182 Å². The molecule has 3 aliphatic carbocycles. The fourth-order valence-electron chi connectivity index (χ4n) is 11.2. The summed E-state index contributed by atoms with van der Waals surface area (Å²) in [5.41, 5.74) is 23.1. The van der Waals surface area contributed by atoms with Gasteiger partial charge in [-0.1, -0.05) is 152 Å². The van der Waals surface area contributed by atoms with Crippen LogP contribution in [0.1, 0.15) is 45.2 Å². The molecule has 0 amide bonds. The molecule has 0 spiro atoms. The van der Waals surface area contributed by atoms with Crippen LogP contribution in [0.5, 0.6) is 0 Å². The molecule has 3 N–H and O–H groups in total. The van der Waals surface area contributed by atoms with E-state index in [9.17, 15) is 0 Å². The van der Waals surface area contributed by atoms with Crippen molar-refractivity contribution in [1.29, 1.82) is 0 Å². The van der Waals surface area contributed by atoms with Gasteiger partial charge in [-0.3, -0.25) is 0 Å². The molecule has 12 aromatic rings. The van der Waals surface area contributed by atoms with E-state index in [1.54, 1.807) is 0 Å².